The van der Waals surface area contributed by atoms with Crippen LogP contribution in [-0.4, -0.2) is 28.8 Å². The van der Waals surface area contributed by atoms with Crippen molar-refractivity contribution in [1.29, 1.82) is 0 Å². The minimum absolute atomic E-state index is 0.00217. The van der Waals surface area contributed by atoms with Crippen molar-refractivity contribution < 1.29 is 9.72 Å². The van der Waals surface area contributed by atoms with E-state index in [4.69, 9.17) is 5.73 Å². The van der Waals surface area contributed by atoms with Gasteiger partial charge in [-0.2, -0.15) is 0 Å². The average Bonchev–Trinajstić information content (AvgIpc) is 2.34. The molecule has 2 N–H and O–H groups in total. The molecule has 0 saturated carbocycles. The highest BCUT2D eigenvalue weighted by molar-refractivity contribution is 6.00. The fourth-order valence-electron chi connectivity index (χ4n) is 1.88. The summed E-state index contributed by atoms with van der Waals surface area (Å²) in [5.41, 5.74) is 5.18. The van der Waals surface area contributed by atoms with E-state index in [1.165, 1.54) is 17.0 Å². The van der Waals surface area contributed by atoms with Crippen LogP contribution in [0, 0.1) is 15.5 Å². The molecule has 0 spiro atoms. The highest BCUT2D eigenvalue weighted by Crippen LogP contribution is 2.29. The number of carbonyl (C=O) groups is 1. The molecule has 20 heavy (non-hydrogen) atoms. The normalized spacial score (nSPS) is 12.8. The Morgan fingerprint density at radius 2 is 1.95 bits per heavy atom. The fourth-order valence-corrected chi connectivity index (χ4v) is 1.88. The van der Waals surface area contributed by atoms with E-state index in [1.807, 2.05) is 27.7 Å². The maximum Gasteiger partial charge on any atom is 0.304 e. The number of para-hydroxylation sites is 1. The Morgan fingerprint density at radius 1 is 1.40 bits per heavy atom. The number of nitrogens with two attached hydrogens (primary N) is 1. The highest BCUT2D eigenvalue weighted by atomic mass is 16.6. The summed E-state index contributed by atoms with van der Waals surface area (Å²) in [6.45, 7) is 7.94. The SMILES string of the molecule is CC(N(C)C(=O)c1cccc(N)c1[N+](=O)[O-])C(C)(C)C. The largest absolute Gasteiger partial charge is 0.393 e. The molecule has 0 bridgehead atoms. The van der Waals surface area contributed by atoms with Gasteiger partial charge in [-0.3, -0.25) is 14.9 Å². The summed E-state index contributed by atoms with van der Waals surface area (Å²) in [4.78, 5) is 24.5. The molecule has 0 radical (unpaired) electrons. The zero-order valence-corrected chi connectivity index (χ0v) is 12.5. The van der Waals surface area contributed by atoms with Gasteiger partial charge < -0.3 is 10.6 Å². The summed E-state index contributed by atoms with van der Waals surface area (Å²) in [5, 5.41) is 11.1. The number of amides is 1. The van der Waals surface area contributed by atoms with Crippen LogP contribution in [0.3, 0.4) is 0 Å². The van der Waals surface area contributed by atoms with Crippen molar-refractivity contribution in [2.24, 2.45) is 5.41 Å². The Hall–Kier alpha value is -2.11. The molecule has 1 unspecified atom stereocenters. The van der Waals surface area contributed by atoms with Gasteiger partial charge in [-0.25, -0.2) is 0 Å². The van der Waals surface area contributed by atoms with E-state index in [9.17, 15) is 14.9 Å². The molecule has 0 saturated heterocycles. The Kier molecular flexibility index (Phi) is 4.37. The number of nitrogen functional groups attached to an aromatic ring is 1. The summed E-state index contributed by atoms with van der Waals surface area (Å²) in [6, 6.07) is 4.33. The van der Waals surface area contributed by atoms with Gasteiger partial charge in [-0.05, 0) is 24.5 Å². The monoisotopic (exact) mass is 279 g/mol. The molecular weight excluding hydrogens is 258 g/mol. The van der Waals surface area contributed by atoms with Crippen molar-refractivity contribution >= 4 is 17.3 Å². The number of carbonyl (C=O) groups excluding carboxylic acids is 1. The molecular formula is C14H21N3O3. The number of anilines is 1. The summed E-state index contributed by atoms with van der Waals surface area (Å²) in [7, 11) is 1.64. The highest BCUT2D eigenvalue weighted by Gasteiger charge is 2.31. The van der Waals surface area contributed by atoms with E-state index in [0.29, 0.717) is 0 Å². The lowest BCUT2D eigenvalue weighted by Gasteiger charge is -2.35. The maximum atomic E-state index is 12.5. The van der Waals surface area contributed by atoms with Crippen molar-refractivity contribution in [2.45, 2.75) is 33.7 Å². The standard InChI is InChI=1S/C14H21N3O3/c1-9(14(2,3)4)16(5)13(18)10-7-6-8-11(15)12(10)17(19)20/h6-9H,15H2,1-5H3. The molecule has 1 aromatic rings. The third-order valence-corrected chi connectivity index (χ3v) is 3.63. The zero-order chi connectivity index (χ0) is 15.7. The van der Waals surface area contributed by atoms with Gasteiger partial charge >= 0.3 is 5.69 Å². The topological polar surface area (TPSA) is 89.5 Å². The number of hydrogen-bond acceptors (Lipinski definition) is 4. The summed E-state index contributed by atoms with van der Waals surface area (Å²) in [6.07, 6.45) is 0. The summed E-state index contributed by atoms with van der Waals surface area (Å²) in [5.74, 6) is -0.397. The first kappa shape index (κ1) is 15.9. The smallest absolute Gasteiger partial charge is 0.304 e. The Balaban J connectivity index is 3.23. The lowest BCUT2D eigenvalue weighted by atomic mass is 9.87. The Bertz CT molecular complexity index is 535. The molecule has 0 fully saturated rings. The van der Waals surface area contributed by atoms with Gasteiger partial charge in [-0.15, -0.1) is 0 Å². The van der Waals surface area contributed by atoms with Crippen LogP contribution < -0.4 is 5.73 Å². The number of nitro groups is 1. The number of benzene rings is 1. The van der Waals surface area contributed by atoms with Crippen LogP contribution >= 0.6 is 0 Å². The zero-order valence-electron chi connectivity index (χ0n) is 12.5. The van der Waals surface area contributed by atoms with Gasteiger partial charge in [-0.1, -0.05) is 26.8 Å². The first-order chi connectivity index (χ1) is 9.07. The first-order valence-corrected chi connectivity index (χ1v) is 6.37. The number of rotatable bonds is 3. The van der Waals surface area contributed by atoms with E-state index in [2.05, 4.69) is 0 Å². The predicted molar refractivity (Wildman–Crippen MR) is 78.5 cm³/mol. The molecule has 0 aliphatic rings. The quantitative estimate of drug-likeness (QED) is 0.523. The van der Waals surface area contributed by atoms with Gasteiger partial charge in [0.2, 0.25) is 0 Å². The van der Waals surface area contributed by atoms with Crippen LogP contribution in [0.25, 0.3) is 0 Å². The number of nitrogens with zero attached hydrogens (tertiary/aromatic N) is 2. The third kappa shape index (κ3) is 3.07. The van der Waals surface area contributed by atoms with Crippen molar-refractivity contribution in [2.75, 3.05) is 12.8 Å². The predicted octanol–water partition coefficient (Wildman–Crippen LogP) is 2.68. The second-order valence-electron chi connectivity index (χ2n) is 5.96. The summed E-state index contributed by atoms with van der Waals surface area (Å²) >= 11 is 0. The Labute approximate surface area is 118 Å². The molecule has 0 aliphatic heterocycles. The lowest BCUT2D eigenvalue weighted by molar-refractivity contribution is -0.384. The molecule has 1 amide bonds. The maximum absolute atomic E-state index is 12.5. The molecule has 6 nitrogen and oxygen atoms in total. The average molecular weight is 279 g/mol. The van der Waals surface area contributed by atoms with Crippen LogP contribution in [0.4, 0.5) is 11.4 Å². The fraction of sp³-hybridized carbons (Fsp3) is 0.500. The van der Waals surface area contributed by atoms with Crippen LogP contribution in [0.2, 0.25) is 0 Å². The van der Waals surface area contributed by atoms with Crippen LogP contribution in [-0.2, 0) is 0 Å². The first-order valence-electron chi connectivity index (χ1n) is 6.37. The second-order valence-corrected chi connectivity index (χ2v) is 5.96. The van der Waals surface area contributed by atoms with Crippen LogP contribution in [0.5, 0.6) is 0 Å². The van der Waals surface area contributed by atoms with Crippen molar-refractivity contribution in [3.05, 3.63) is 33.9 Å². The summed E-state index contributed by atoms with van der Waals surface area (Å²) < 4.78 is 0. The Morgan fingerprint density at radius 3 is 2.40 bits per heavy atom. The van der Waals surface area contributed by atoms with E-state index >= 15 is 0 Å². The minimum atomic E-state index is -0.613. The molecule has 0 heterocycles. The van der Waals surface area contributed by atoms with Crippen molar-refractivity contribution in [3.8, 4) is 0 Å². The molecule has 110 valence electrons. The number of hydrogen-bond donors (Lipinski definition) is 1. The van der Waals surface area contributed by atoms with E-state index in [0.717, 1.165) is 0 Å². The van der Waals surface area contributed by atoms with Gasteiger partial charge in [0, 0.05) is 13.1 Å². The molecule has 0 aliphatic carbocycles. The third-order valence-electron chi connectivity index (χ3n) is 3.63. The van der Waals surface area contributed by atoms with Crippen LogP contribution in [0.1, 0.15) is 38.1 Å². The minimum Gasteiger partial charge on any atom is -0.393 e. The van der Waals surface area contributed by atoms with Gasteiger partial charge in [0.05, 0.1) is 4.92 Å². The molecule has 6 heteroatoms. The lowest BCUT2D eigenvalue weighted by Crippen LogP contribution is -2.43. The van der Waals surface area contributed by atoms with Crippen LogP contribution in [0.15, 0.2) is 18.2 Å². The van der Waals surface area contributed by atoms with Gasteiger partial charge in [0.15, 0.2) is 0 Å². The van der Waals surface area contributed by atoms with E-state index in [1.54, 1.807) is 13.1 Å². The van der Waals surface area contributed by atoms with Crippen molar-refractivity contribution in [3.63, 3.8) is 0 Å². The van der Waals surface area contributed by atoms with Crippen molar-refractivity contribution in [1.82, 2.24) is 4.90 Å². The van der Waals surface area contributed by atoms with E-state index in [-0.39, 0.29) is 28.4 Å². The molecule has 1 rings (SSSR count). The number of nitro benzene ring substituents is 1. The molecule has 1 atom stereocenters. The molecule has 0 aromatic heterocycles. The van der Waals surface area contributed by atoms with Gasteiger partial charge in [0.25, 0.3) is 5.91 Å². The van der Waals surface area contributed by atoms with E-state index < -0.39 is 10.8 Å². The second kappa shape index (κ2) is 5.48. The van der Waals surface area contributed by atoms with Gasteiger partial charge in [0.1, 0.15) is 11.3 Å². The molecule has 1 aromatic carbocycles.